The van der Waals surface area contributed by atoms with Crippen molar-refractivity contribution in [2.24, 2.45) is 4.40 Å². The van der Waals surface area contributed by atoms with Crippen LogP contribution in [0.25, 0.3) is 0 Å². The predicted molar refractivity (Wildman–Crippen MR) is 113 cm³/mol. The van der Waals surface area contributed by atoms with E-state index in [-0.39, 0.29) is 16.5 Å². The number of nitrogens with zero attached hydrogens (tertiary/aromatic N) is 1. The summed E-state index contributed by atoms with van der Waals surface area (Å²) < 4.78 is 29.7. The van der Waals surface area contributed by atoms with E-state index in [0.29, 0.717) is 16.3 Å². The Labute approximate surface area is 169 Å². The van der Waals surface area contributed by atoms with Crippen LogP contribution >= 0.6 is 11.6 Å². The zero-order valence-electron chi connectivity index (χ0n) is 15.3. The summed E-state index contributed by atoms with van der Waals surface area (Å²) in [4.78, 5) is 0.0475. The van der Waals surface area contributed by atoms with Crippen LogP contribution in [0.5, 0.6) is 5.75 Å². The van der Waals surface area contributed by atoms with E-state index >= 15 is 0 Å². The number of sulfonamides is 1. The molecule has 5 nitrogen and oxygen atoms in total. The van der Waals surface area contributed by atoms with Gasteiger partial charge >= 0.3 is 0 Å². The van der Waals surface area contributed by atoms with Crippen molar-refractivity contribution in [3.63, 3.8) is 0 Å². The van der Waals surface area contributed by atoms with E-state index in [1.165, 1.54) is 24.3 Å². The van der Waals surface area contributed by atoms with Crippen LogP contribution in [-0.2, 0) is 10.0 Å². The summed E-state index contributed by atoms with van der Waals surface area (Å²) in [6.45, 7) is 3.65. The van der Waals surface area contributed by atoms with E-state index in [1.807, 2.05) is 19.9 Å². The monoisotopic (exact) mass is 414 g/mol. The van der Waals surface area contributed by atoms with Crippen molar-refractivity contribution in [3.05, 3.63) is 88.4 Å². The molecule has 7 heteroatoms. The first-order chi connectivity index (χ1) is 13.3. The van der Waals surface area contributed by atoms with Crippen LogP contribution in [-0.4, -0.2) is 19.4 Å². The van der Waals surface area contributed by atoms with E-state index < -0.39 is 10.0 Å². The Morgan fingerprint density at radius 1 is 0.964 bits per heavy atom. The molecule has 0 aliphatic heterocycles. The minimum absolute atomic E-state index is 0.0475. The van der Waals surface area contributed by atoms with Gasteiger partial charge in [0.25, 0.3) is 10.0 Å². The minimum Gasteiger partial charge on any atom is -0.508 e. The second kappa shape index (κ2) is 8.04. The number of benzene rings is 3. The molecule has 144 valence electrons. The van der Waals surface area contributed by atoms with Gasteiger partial charge in [-0.25, -0.2) is 0 Å². The largest absolute Gasteiger partial charge is 0.508 e. The summed E-state index contributed by atoms with van der Waals surface area (Å²) in [5.41, 5.74) is 2.84. The zero-order chi connectivity index (χ0) is 20.3. The molecular formula is C21H19ClN2O3S. The van der Waals surface area contributed by atoms with Gasteiger partial charge < -0.3 is 10.4 Å². The Morgan fingerprint density at radius 2 is 1.54 bits per heavy atom. The maximum atomic E-state index is 12.8. The molecular weight excluding hydrogens is 396 g/mol. The Kier molecular flexibility index (Phi) is 5.72. The number of nitrogens with one attached hydrogen (secondary N) is 1. The van der Waals surface area contributed by atoms with Crippen LogP contribution in [0.15, 0.2) is 76.0 Å². The van der Waals surface area contributed by atoms with E-state index in [2.05, 4.69) is 9.71 Å². The van der Waals surface area contributed by atoms with Crippen LogP contribution in [0.2, 0.25) is 5.02 Å². The van der Waals surface area contributed by atoms with Crippen LogP contribution in [0.4, 0.5) is 5.69 Å². The molecule has 0 unspecified atom stereocenters. The van der Waals surface area contributed by atoms with Crippen molar-refractivity contribution in [1.29, 1.82) is 0 Å². The maximum Gasteiger partial charge on any atom is 0.284 e. The molecule has 0 fully saturated rings. The van der Waals surface area contributed by atoms with Gasteiger partial charge in [0.15, 0.2) is 5.84 Å². The van der Waals surface area contributed by atoms with Gasteiger partial charge in [-0.15, -0.1) is 4.40 Å². The summed E-state index contributed by atoms with van der Waals surface area (Å²) in [7, 11) is -3.96. The lowest BCUT2D eigenvalue weighted by molar-refractivity contribution is 0.474. The first-order valence-corrected chi connectivity index (χ1v) is 10.3. The van der Waals surface area contributed by atoms with Gasteiger partial charge in [0.1, 0.15) is 5.75 Å². The van der Waals surface area contributed by atoms with Crippen LogP contribution in [0.3, 0.4) is 0 Å². The van der Waals surface area contributed by atoms with Crippen molar-refractivity contribution in [1.82, 2.24) is 0 Å². The molecule has 0 amide bonds. The number of hydrogen-bond donors (Lipinski definition) is 2. The summed E-state index contributed by atoms with van der Waals surface area (Å²) in [5.74, 6) is 0.333. The first-order valence-electron chi connectivity index (χ1n) is 8.49. The summed E-state index contributed by atoms with van der Waals surface area (Å²) in [6, 6.07) is 18.0. The zero-order valence-corrected chi connectivity index (χ0v) is 16.9. The Hall–Kier alpha value is -2.83. The fourth-order valence-corrected chi connectivity index (χ4v) is 3.88. The maximum absolute atomic E-state index is 12.8. The smallest absolute Gasteiger partial charge is 0.284 e. The van der Waals surface area contributed by atoms with Gasteiger partial charge in [-0.3, -0.25) is 0 Å². The molecule has 0 saturated carbocycles. The number of phenols is 1. The number of amidine groups is 1. The topological polar surface area (TPSA) is 78.8 Å². The van der Waals surface area contributed by atoms with Crippen LogP contribution in [0, 0.1) is 13.8 Å². The molecule has 2 N–H and O–H groups in total. The fraction of sp³-hybridized carbons (Fsp3) is 0.0952. The van der Waals surface area contributed by atoms with Crippen LogP contribution < -0.4 is 5.32 Å². The average Bonchev–Trinajstić information content (AvgIpc) is 2.64. The number of aryl methyl sites for hydroxylation is 2. The number of phenolic OH excluding ortho intramolecular Hbond substituents is 1. The molecule has 0 aromatic heterocycles. The van der Waals surface area contributed by atoms with Crippen molar-refractivity contribution in [2.75, 3.05) is 5.32 Å². The van der Waals surface area contributed by atoms with Gasteiger partial charge in [0.05, 0.1) is 4.90 Å². The average molecular weight is 415 g/mol. The lowest BCUT2D eigenvalue weighted by Crippen LogP contribution is -2.17. The number of halogens is 1. The molecule has 0 saturated heterocycles. The SMILES string of the molecule is Cc1cc(O)cc(C)c1N/C(=N/S(=O)(=O)c1ccc(Cl)cc1)c1ccccc1. The van der Waals surface area contributed by atoms with E-state index in [1.54, 1.807) is 36.4 Å². The number of hydrogen-bond acceptors (Lipinski definition) is 3. The lowest BCUT2D eigenvalue weighted by atomic mass is 10.1. The highest BCUT2D eigenvalue weighted by atomic mass is 35.5. The molecule has 0 heterocycles. The number of anilines is 1. The molecule has 3 aromatic carbocycles. The summed E-state index contributed by atoms with van der Waals surface area (Å²) in [6.07, 6.45) is 0. The summed E-state index contributed by atoms with van der Waals surface area (Å²) in [5, 5.41) is 13.3. The fourth-order valence-electron chi connectivity index (χ4n) is 2.78. The Morgan fingerprint density at radius 3 is 2.11 bits per heavy atom. The number of aromatic hydroxyl groups is 1. The highest BCUT2D eigenvalue weighted by molar-refractivity contribution is 7.90. The van der Waals surface area contributed by atoms with Gasteiger partial charge in [0, 0.05) is 16.3 Å². The normalized spacial score (nSPS) is 12.0. The minimum atomic E-state index is -3.96. The van der Waals surface area contributed by atoms with Crippen molar-refractivity contribution >= 4 is 33.1 Å². The van der Waals surface area contributed by atoms with Gasteiger partial charge in [-0.1, -0.05) is 41.9 Å². The Balaban J connectivity index is 2.11. The second-order valence-electron chi connectivity index (χ2n) is 6.31. The van der Waals surface area contributed by atoms with Crippen molar-refractivity contribution in [2.45, 2.75) is 18.7 Å². The van der Waals surface area contributed by atoms with Gasteiger partial charge in [-0.2, -0.15) is 8.42 Å². The van der Waals surface area contributed by atoms with Crippen molar-refractivity contribution in [3.8, 4) is 5.75 Å². The molecule has 3 aromatic rings. The molecule has 0 radical (unpaired) electrons. The third kappa shape index (κ3) is 4.52. The molecule has 28 heavy (non-hydrogen) atoms. The molecule has 0 atom stereocenters. The standard InChI is InChI=1S/C21H19ClN2O3S/c1-14-12-18(25)13-15(2)20(14)23-21(16-6-4-3-5-7-16)24-28(26,27)19-10-8-17(22)9-11-19/h3-13,25H,1-2H3,(H,23,24). The highest BCUT2D eigenvalue weighted by Gasteiger charge is 2.17. The molecule has 0 spiro atoms. The Bertz CT molecular complexity index is 1100. The second-order valence-corrected chi connectivity index (χ2v) is 8.36. The quantitative estimate of drug-likeness (QED) is 0.361. The van der Waals surface area contributed by atoms with Gasteiger partial charge in [0.2, 0.25) is 0 Å². The summed E-state index contributed by atoms with van der Waals surface area (Å²) >= 11 is 5.85. The molecule has 3 rings (SSSR count). The molecule has 0 bridgehead atoms. The van der Waals surface area contributed by atoms with Gasteiger partial charge in [-0.05, 0) is 61.4 Å². The molecule has 0 aliphatic rings. The van der Waals surface area contributed by atoms with Crippen LogP contribution in [0.1, 0.15) is 16.7 Å². The molecule has 0 aliphatic carbocycles. The van der Waals surface area contributed by atoms with Crippen molar-refractivity contribution < 1.29 is 13.5 Å². The third-order valence-corrected chi connectivity index (χ3v) is 5.67. The number of rotatable bonds is 4. The van der Waals surface area contributed by atoms with E-state index in [4.69, 9.17) is 11.6 Å². The first kappa shape index (κ1) is 19.9. The van der Waals surface area contributed by atoms with E-state index in [0.717, 1.165) is 11.1 Å². The highest BCUT2D eigenvalue weighted by Crippen LogP contribution is 2.26. The predicted octanol–water partition coefficient (Wildman–Crippen LogP) is 4.91. The van der Waals surface area contributed by atoms with E-state index in [9.17, 15) is 13.5 Å². The third-order valence-electron chi connectivity index (χ3n) is 4.13. The lowest BCUT2D eigenvalue weighted by Gasteiger charge is -2.15.